The van der Waals surface area contributed by atoms with Gasteiger partial charge in [-0.1, -0.05) is 6.08 Å². The van der Waals surface area contributed by atoms with Gasteiger partial charge in [0.1, 0.15) is 12.4 Å². The predicted molar refractivity (Wildman–Crippen MR) is 101 cm³/mol. The third kappa shape index (κ3) is 10.7. The van der Waals surface area contributed by atoms with Gasteiger partial charge in [0.15, 0.2) is 0 Å². The SMILES string of the molecule is C=CCOCCOCCOCCOCCOc1ccc(C(=O)OC)c(C)c1. The fraction of sp³-hybridized carbons (Fsp3) is 0.550. The van der Waals surface area contributed by atoms with E-state index < -0.39 is 0 Å². The lowest BCUT2D eigenvalue weighted by atomic mass is 10.1. The molecule has 1 aromatic carbocycles. The summed E-state index contributed by atoms with van der Waals surface area (Å²) in [5, 5.41) is 0. The topological polar surface area (TPSA) is 72.5 Å². The maximum atomic E-state index is 11.5. The number of esters is 1. The minimum absolute atomic E-state index is 0.353. The van der Waals surface area contributed by atoms with Crippen molar-refractivity contribution >= 4 is 5.97 Å². The first kappa shape index (κ1) is 23.1. The smallest absolute Gasteiger partial charge is 0.338 e. The van der Waals surface area contributed by atoms with E-state index in [4.69, 9.17) is 28.4 Å². The largest absolute Gasteiger partial charge is 0.491 e. The number of hydrogen-bond donors (Lipinski definition) is 0. The highest BCUT2D eigenvalue weighted by Crippen LogP contribution is 2.17. The summed E-state index contributed by atoms with van der Waals surface area (Å²) >= 11 is 0. The summed E-state index contributed by atoms with van der Waals surface area (Å²) in [6, 6.07) is 5.24. The highest BCUT2D eigenvalue weighted by molar-refractivity contribution is 5.91. The molecule has 27 heavy (non-hydrogen) atoms. The van der Waals surface area contributed by atoms with E-state index in [1.165, 1.54) is 7.11 Å². The van der Waals surface area contributed by atoms with E-state index in [-0.39, 0.29) is 5.97 Å². The second-order valence-electron chi connectivity index (χ2n) is 5.52. The monoisotopic (exact) mass is 382 g/mol. The Morgan fingerprint density at radius 1 is 0.926 bits per heavy atom. The quantitative estimate of drug-likeness (QED) is 0.247. The van der Waals surface area contributed by atoms with Gasteiger partial charge in [-0.3, -0.25) is 0 Å². The van der Waals surface area contributed by atoms with Crippen LogP contribution in [0.4, 0.5) is 0 Å². The minimum Gasteiger partial charge on any atom is -0.491 e. The normalized spacial score (nSPS) is 10.6. The number of benzene rings is 1. The predicted octanol–water partition coefficient (Wildman–Crippen LogP) is 2.41. The summed E-state index contributed by atoms with van der Waals surface area (Å²) in [5.74, 6) is 0.336. The van der Waals surface area contributed by atoms with Crippen molar-refractivity contribution in [3.63, 3.8) is 0 Å². The van der Waals surface area contributed by atoms with E-state index in [9.17, 15) is 4.79 Å². The molecule has 0 amide bonds. The number of carbonyl (C=O) groups excluding carboxylic acids is 1. The molecule has 0 aliphatic rings. The van der Waals surface area contributed by atoms with Crippen molar-refractivity contribution in [2.45, 2.75) is 6.92 Å². The van der Waals surface area contributed by atoms with Crippen LogP contribution in [-0.4, -0.2) is 72.5 Å². The maximum Gasteiger partial charge on any atom is 0.338 e. The summed E-state index contributed by atoms with van der Waals surface area (Å²) in [4.78, 5) is 11.5. The highest BCUT2D eigenvalue weighted by Gasteiger charge is 2.09. The molecular formula is C20H30O7. The van der Waals surface area contributed by atoms with E-state index in [2.05, 4.69) is 6.58 Å². The molecule has 0 N–H and O–H groups in total. The van der Waals surface area contributed by atoms with Crippen molar-refractivity contribution in [1.82, 2.24) is 0 Å². The van der Waals surface area contributed by atoms with Crippen molar-refractivity contribution in [2.24, 2.45) is 0 Å². The Bertz CT molecular complexity index is 545. The van der Waals surface area contributed by atoms with E-state index in [0.29, 0.717) is 70.8 Å². The molecule has 0 bridgehead atoms. The summed E-state index contributed by atoms with van der Waals surface area (Å²) < 4.78 is 31.7. The number of rotatable bonds is 16. The molecule has 0 saturated heterocycles. The third-order valence-electron chi connectivity index (χ3n) is 3.45. The van der Waals surface area contributed by atoms with Gasteiger partial charge in [-0.25, -0.2) is 4.79 Å². The lowest BCUT2D eigenvalue weighted by molar-refractivity contribution is -0.00221. The summed E-state index contributed by atoms with van der Waals surface area (Å²) in [7, 11) is 1.36. The molecule has 0 fully saturated rings. The van der Waals surface area contributed by atoms with Gasteiger partial charge in [0.2, 0.25) is 0 Å². The first-order chi connectivity index (χ1) is 13.2. The molecule has 0 saturated carbocycles. The van der Waals surface area contributed by atoms with Gasteiger partial charge in [-0.2, -0.15) is 0 Å². The van der Waals surface area contributed by atoms with Crippen molar-refractivity contribution in [3.8, 4) is 5.75 Å². The fourth-order valence-electron chi connectivity index (χ4n) is 2.11. The van der Waals surface area contributed by atoms with Gasteiger partial charge in [-0.05, 0) is 30.7 Å². The van der Waals surface area contributed by atoms with Gasteiger partial charge in [0.05, 0.1) is 65.5 Å². The van der Waals surface area contributed by atoms with Crippen LogP contribution < -0.4 is 4.74 Å². The average molecular weight is 382 g/mol. The van der Waals surface area contributed by atoms with E-state index in [0.717, 1.165) is 5.56 Å². The van der Waals surface area contributed by atoms with Crippen LogP contribution in [0.15, 0.2) is 30.9 Å². The highest BCUT2D eigenvalue weighted by atomic mass is 16.6. The van der Waals surface area contributed by atoms with Gasteiger partial charge in [0.25, 0.3) is 0 Å². The average Bonchev–Trinajstić information content (AvgIpc) is 2.67. The van der Waals surface area contributed by atoms with Crippen LogP contribution in [0.2, 0.25) is 0 Å². The van der Waals surface area contributed by atoms with Crippen molar-refractivity contribution in [2.75, 3.05) is 66.6 Å². The van der Waals surface area contributed by atoms with Crippen LogP contribution in [0.5, 0.6) is 5.75 Å². The number of carbonyl (C=O) groups is 1. The second kappa shape index (κ2) is 15.2. The number of aryl methyl sites for hydroxylation is 1. The lowest BCUT2D eigenvalue weighted by Crippen LogP contribution is -2.14. The Kier molecular flexibility index (Phi) is 13.0. The minimum atomic E-state index is -0.353. The van der Waals surface area contributed by atoms with Crippen molar-refractivity contribution in [3.05, 3.63) is 42.0 Å². The van der Waals surface area contributed by atoms with Crippen molar-refractivity contribution < 1.29 is 33.2 Å². The summed E-state index contributed by atoms with van der Waals surface area (Å²) in [6.45, 7) is 9.97. The van der Waals surface area contributed by atoms with Gasteiger partial charge in [0, 0.05) is 0 Å². The first-order valence-electron chi connectivity index (χ1n) is 8.92. The zero-order chi connectivity index (χ0) is 19.7. The Balaban J connectivity index is 1.96. The van der Waals surface area contributed by atoms with Crippen LogP contribution in [-0.2, 0) is 23.7 Å². The van der Waals surface area contributed by atoms with Crippen molar-refractivity contribution in [1.29, 1.82) is 0 Å². The molecule has 7 nitrogen and oxygen atoms in total. The molecule has 1 rings (SSSR count). The van der Waals surface area contributed by atoms with Gasteiger partial charge < -0.3 is 28.4 Å². The molecule has 7 heteroatoms. The van der Waals surface area contributed by atoms with Gasteiger partial charge >= 0.3 is 5.97 Å². The zero-order valence-corrected chi connectivity index (χ0v) is 16.2. The van der Waals surface area contributed by atoms with Gasteiger partial charge in [-0.15, -0.1) is 6.58 Å². The zero-order valence-electron chi connectivity index (χ0n) is 16.2. The van der Waals surface area contributed by atoms with Crippen LogP contribution in [0.3, 0.4) is 0 Å². The first-order valence-corrected chi connectivity index (χ1v) is 8.92. The van der Waals surface area contributed by atoms with E-state index in [1.54, 1.807) is 24.3 Å². The van der Waals surface area contributed by atoms with E-state index >= 15 is 0 Å². The molecular weight excluding hydrogens is 352 g/mol. The molecule has 0 spiro atoms. The maximum absolute atomic E-state index is 11.5. The summed E-state index contributed by atoms with van der Waals surface area (Å²) in [5.41, 5.74) is 1.34. The Hall–Kier alpha value is -1.93. The van der Waals surface area contributed by atoms with Crippen LogP contribution in [0.1, 0.15) is 15.9 Å². The number of methoxy groups -OCH3 is 1. The second-order valence-corrected chi connectivity index (χ2v) is 5.52. The molecule has 1 aromatic rings. The Labute approximate surface area is 161 Å². The van der Waals surface area contributed by atoms with Crippen LogP contribution >= 0.6 is 0 Å². The molecule has 0 aliphatic heterocycles. The number of hydrogen-bond acceptors (Lipinski definition) is 7. The standard InChI is InChI=1S/C20H30O7/c1-4-7-23-8-9-24-10-11-25-12-13-26-14-15-27-18-5-6-19(17(2)16-18)20(21)22-3/h4-6,16H,1,7-15H2,2-3H3. The third-order valence-corrected chi connectivity index (χ3v) is 3.45. The molecule has 0 heterocycles. The summed E-state index contributed by atoms with van der Waals surface area (Å²) in [6.07, 6.45) is 1.70. The molecule has 0 unspecified atom stereocenters. The lowest BCUT2D eigenvalue weighted by Gasteiger charge is -2.10. The molecule has 152 valence electrons. The van der Waals surface area contributed by atoms with Crippen LogP contribution in [0.25, 0.3) is 0 Å². The Morgan fingerprint density at radius 3 is 2.00 bits per heavy atom. The van der Waals surface area contributed by atoms with E-state index in [1.807, 2.05) is 6.92 Å². The molecule has 0 aliphatic carbocycles. The molecule has 0 atom stereocenters. The number of ether oxygens (including phenoxy) is 6. The fourth-order valence-corrected chi connectivity index (χ4v) is 2.11. The molecule has 0 radical (unpaired) electrons. The van der Waals surface area contributed by atoms with Crippen LogP contribution in [0, 0.1) is 6.92 Å². The molecule has 0 aromatic heterocycles. The Morgan fingerprint density at radius 2 is 1.48 bits per heavy atom.